The Balaban J connectivity index is 1.20. The minimum absolute atomic E-state index is 0.0650. The molecule has 0 radical (unpaired) electrons. The van der Waals surface area contributed by atoms with E-state index in [9.17, 15) is 5.26 Å². The van der Waals surface area contributed by atoms with Crippen molar-refractivity contribution in [2.75, 3.05) is 0 Å². The quantitative estimate of drug-likeness (QED) is 0.157. The fraction of sp³-hybridized carbons (Fsp3) is 0.0896. The highest BCUT2D eigenvalue weighted by atomic mass is 19.4. The van der Waals surface area contributed by atoms with E-state index in [4.69, 9.17) is 0 Å². The second-order valence-electron chi connectivity index (χ2n) is 19.6. The summed E-state index contributed by atoms with van der Waals surface area (Å²) in [4.78, 5) is 0. The average Bonchev–Trinajstić information content (AvgIpc) is 3.90. The van der Waals surface area contributed by atoms with E-state index in [0.29, 0.717) is 28.1 Å². The lowest BCUT2D eigenvalue weighted by molar-refractivity contribution is -0.137. The van der Waals surface area contributed by atoms with Crippen LogP contribution in [-0.2, 0) is 6.18 Å². The first-order valence-electron chi connectivity index (χ1n) is 24.5. The summed E-state index contributed by atoms with van der Waals surface area (Å²) in [7, 11) is 0. The van der Waals surface area contributed by atoms with Crippen LogP contribution in [0.2, 0.25) is 0 Å². The number of nitrogens with zero attached hydrogens (tertiary/aromatic N) is 3. The van der Waals surface area contributed by atoms with Crippen LogP contribution in [0.5, 0.6) is 0 Å². The number of nitriles is 1. The van der Waals surface area contributed by atoms with Crippen molar-refractivity contribution in [3.05, 3.63) is 239 Å². The van der Waals surface area contributed by atoms with Gasteiger partial charge in [-0.05, 0) is 163 Å². The van der Waals surface area contributed by atoms with Crippen molar-refractivity contribution in [1.29, 1.82) is 5.26 Å². The summed E-state index contributed by atoms with van der Waals surface area (Å²) in [5, 5.41) is 15.6. The average molecular weight is 952 g/mol. The molecule has 0 aliphatic carbocycles. The van der Waals surface area contributed by atoms with Gasteiger partial charge in [-0.3, -0.25) is 0 Å². The van der Waals surface area contributed by atoms with Gasteiger partial charge in [-0.2, -0.15) is 18.4 Å². The molecule has 0 aliphatic rings. The molecule has 10 aromatic carbocycles. The first-order chi connectivity index (χ1) is 35.3. The van der Waals surface area contributed by atoms with Crippen molar-refractivity contribution < 1.29 is 13.2 Å². The summed E-state index contributed by atoms with van der Waals surface area (Å²) >= 11 is 0. The molecule has 12 aromatic rings. The molecular formula is C67H48F3N3. The standard InChI is InChI=1S/C67H48F3N3/c1-40-9-17-45(18-10-40)49-25-29-60-54(33-49)55-34-50(46-19-11-41(2)12-20-46)26-30-61(55)72(60)64-37-53(66-44(5)7-6-8-59(66)67(68,69)70)38-65(58(64)39-71)73-62-31-27-51(47-21-13-42(3)14-22-47)35-56(62)57-36-52(28-32-63(57)73)48-23-15-43(4)16-24-48/h6-38H,1-5H3. The molecule has 3 nitrogen and oxygen atoms in total. The molecule has 0 amide bonds. The molecule has 2 heterocycles. The van der Waals surface area contributed by atoms with Crippen LogP contribution in [-0.4, -0.2) is 9.13 Å². The van der Waals surface area contributed by atoms with Gasteiger partial charge in [-0.15, -0.1) is 0 Å². The predicted molar refractivity (Wildman–Crippen MR) is 296 cm³/mol. The lowest BCUT2D eigenvalue weighted by Gasteiger charge is -2.21. The van der Waals surface area contributed by atoms with Crippen LogP contribution in [0.25, 0.3) is 111 Å². The van der Waals surface area contributed by atoms with Gasteiger partial charge < -0.3 is 9.13 Å². The summed E-state index contributed by atoms with van der Waals surface area (Å²) in [6, 6.07) is 69.8. The van der Waals surface area contributed by atoms with E-state index in [1.165, 1.54) is 6.07 Å². The molecule has 0 fully saturated rings. The third kappa shape index (κ3) is 7.86. The fourth-order valence-electron chi connectivity index (χ4n) is 10.8. The van der Waals surface area contributed by atoms with E-state index in [1.807, 2.05) is 0 Å². The number of hydrogen-bond donors (Lipinski definition) is 0. The second-order valence-corrected chi connectivity index (χ2v) is 19.6. The van der Waals surface area contributed by atoms with E-state index in [0.717, 1.165) is 116 Å². The summed E-state index contributed by atoms with van der Waals surface area (Å²) < 4.78 is 50.3. The normalized spacial score (nSPS) is 11.8. The Morgan fingerprint density at radius 2 is 0.658 bits per heavy atom. The van der Waals surface area contributed by atoms with Gasteiger partial charge in [0.25, 0.3) is 0 Å². The third-order valence-corrected chi connectivity index (χ3v) is 14.6. The van der Waals surface area contributed by atoms with E-state index in [2.05, 4.69) is 213 Å². The summed E-state index contributed by atoms with van der Waals surface area (Å²) in [5.41, 5.74) is 17.7. The Morgan fingerprint density at radius 3 is 0.945 bits per heavy atom. The van der Waals surface area contributed by atoms with Gasteiger partial charge in [0.15, 0.2) is 0 Å². The molecule has 73 heavy (non-hydrogen) atoms. The molecule has 0 spiro atoms. The zero-order valence-corrected chi connectivity index (χ0v) is 41.0. The number of halogens is 3. The molecule has 0 bridgehead atoms. The van der Waals surface area contributed by atoms with Gasteiger partial charge in [0.2, 0.25) is 0 Å². The zero-order chi connectivity index (χ0) is 50.3. The molecule has 2 aromatic heterocycles. The Kier molecular flexibility index (Phi) is 10.8. The van der Waals surface area contributed by atoms with Crippen molar-refractivity contribution in [1.82, 2.24) is 9.13 Å². The first-order valence-corrected chi connectivity index (χ1v) is 24.5. The van der Waals surface area contributed by atoms with Crippen molar-refractivity contribution in [2.45, 2.75) is 40.8 Å². The number of hydrogen-bond acceptors (Lipinski definition) is 1. The van der Waals surface area contributed by atoms with Crippen molar-refractivity contribution >= 4 is 43.6 Å². The van der Waals surface area contributed by atoms with E-state index in [-0.39, 0.29) is 5.56 Å². The molecule has 0 unspecified atom stereocenters. The summed E-state index contributed by atoms with van der Waals surface area (Å²) in [5.74, 6) is 0. The smallest absolute Gasteiger partial charge is 0.308 e. The molecule has 0 N–H and O–H groups in total. The largest absolute Gasteiger partial charge is 0.417 e. The lowest BCUT2D eigenvalue weighted by atomic mass is 9.92. The van der Waals surface area contributed by atoms with E-state index < -0.39 is 11.7 Å². The monoisotopic (exact) mass is 951 g/mol. The van der Waals surface area contributed by atoms with Gasteiger partial charge >= 0.3 is 6.18 Å². The number of rotatable bonds is 7. The maximum Gasteiger partial charge on any atom is 0.417 e. The Bertz CT molecular complexity index is 3760. The first kappa shape index (κ1) is 45.2. The van der Waals surface area contributed by atoms with Crippen LogP contribution in [0.4, 0.5) is 13.2 Å². The Hall–Kier alpha value is -8.92. The topological polar surface area (TPSA) is 33.6 Å². The van der Waals surface area contributed by atoms with Gasteiger partial charge in [-0.25, -0.2) is 0 Å². The van der Waals surface area contributed by atoms with Crippen LogP contribution in [0.3, 0.4) is 0 Å². The molecule has 0 aliphatic heterocycles. The number of aryl methyl sites for hydroxylation is 5. The van der Waals surface area contributed by atoms with Crippen molar-refractivity contribution in [3.8, 4) is 73.1 Å². The summed E-state index contributed by atoms with van der Waals surface area (Å²) in [6.07, 6.45) is -4.66. The SMILES string of the molecule is Cc1ccc(-c2ccc3c(c2)c2cc(-c4ccc(C)cc4)ccc2n3-c2cc(-c3c(C)cccc3C(F)(F)F)cc(-n3c4ccc(-c5ccc(C)cc5)cc4c4cc(-c5ccc(C)cc5)ccc43)c2C#N)cc1. The maximum absolute atomic E-state index is 15.4. The minimum atomic E-state index is -4.66. The minimum Gasteiger partial charge on any atom is -0.308 e. The number of benzene rings is 10. The molecule has 0 saturated carbocycles. The molecule has 6 heteroatoms. The van der Waals surface area contributed by atoms with Gasteiger partial charge in [0, 0.05) is 21.5 Å². The molecule has 352 valence electrons. The molecule has 0 atom stereocenters. The van der Waals surface area contributed by atoms with Gasteiger partial charge in [-0.1, -0.05) is 156 Å². The highest BCUT2D eigenvalue weighted by Crippen LogP contribution is 2.46. The van der Waals surface area contributed by atoms with E-state index in [1.54, 1.807) is 25.1 Å². The molecular weight excluding hydrogens is 904 g/mol. The van der Waals surface area contributed by atoms with Crippen LogP contribution < -0.4 is 0 Å². The fourth-order valence-corrected chi connectivity index (χ4v) is 10.8. The van der Waals surface area contributed by atoms with Gasteiger partial charge in [0.1, 0.15) is 11.6 Å². The number of alkyl halides is 3. The van der Waals surface area contributed by atoms with Crippen molar-refractivity contribution in [2.24, 2.45) is 0 Å². The van der Waals surface area contributed by atoms with Gasteiger partial charge in [0.05, 0.1) is 39.0 Å². The highest BCUT2D eigenvalue weighted by Gasteiger charge is 2.35. The maximum atomic E-state index is 15.4. The Morgan fingerprint density at radius 1 is 0.356 bits per heavy atom. The molecule has 0 saturated heterocycles. The Labute approximate surface area is 422 Å². The van der Waals surface area contributed by atoms with E-state index >= 15 is 13.2 Å². The number of fused-ring (bicyclic) bond motifs is 6. The lowest BCUT2D eigenvalue weighted by Crippen LogP contribution is -2.10. The third-order valence-electron chi connectivity index (χ3n) is 14.6. The van der Waals surface area contributed by atoms with Crippen molar-refractivity contribution in [3.63, 3.8) is 0 Å². The summed E-state index contributed by atoms with van der Waals surface area (Å²) in [6.45, 7) is 10.0. The number of aromatic nitrogens is 2. The van der Waals surface area contributed by atoms with Crippen LogP contribution in [0.15, 0.2) is 200 Å². The second kappa shape index (κ2) is 17.4. The predicted octanol–water partition coefficient (Wildman–Crippen LogP) is 18.6. The molecule has 12 rings (SSSR count). The zero-order valence-electron chi connectivity index (χ0n) is 41.0. The van der Waals surface area contributed by atoms with Crippen LogP contribution in [0.1, 0.15) is 38.9 Å². The van der Waals surface area contributed by atoms with Crippen LogP contribution in [0, 0.1) is 45.9 Å². The highest BCUT2D eigenvalue weighted by molar-refractivity contribution is 6.14. The van der Waals surface area contributed by atoms with Crippen LogP contribution >= 0.6 is 0 Å².